The fraction of sp³-hybridized carbons (Fsp3) is 0.556. The van der Waals surface area contributed by atoms with Crippen LogP contribution in [0.15, 0.2) is 4.79 Å². The minimum Gasteiger partial charge on any atom is -0.370 e. The molecule has 88 valence electrons. The lowest BCUT2D eigenvalue weighted by Crippen LogP contribution is -2.29. The SMILES string of the molecule is C[C@@H]1CCNc2nc(C(F)(F)F)[nH]c(=O)c21. The fourth-order valence-corrected chi connectivity index (χ4v) is 1.76. The first-order chi connectivity index (χ1) is 7.39. The third-order valence-electron chi connectivity index (χ3n) is 2.59. The van der Waals surface area contributed by atoms with Gasteiger partial charge in [0.1, 0.15) is 5.82 Å². The number of halogens is 3. The Bertz CT molecular complexity index is 466. The molecule has 0 fully saturated rings. The van der Waals surface area contributed by atoms with Crippen molar-refractivity contribution in [2.45, 2.75) is 25.4 Å². The van der Waals surface area contributed by atoms with Crippen LogP contribution >= 0.6 is 0 Å². The largest absolute Gasteiger partial charge is 0.449 e. The summed E-state index contributed by atoms with van der Waals surface area (Å²) in [5.41, 5.74) is -0.406. The van der Waals surface area contributed by atoms with Gasteiger partial charge in [-0.1, -0.05) is 6.92 Å². The highest BCUT2D eigenvalue weighted by atomic mass is 19.4. The van der Waals surface area contributed by atoms with Crippen LogP contribution < -0.4 is 10.9 Å². The van der Waals surface area contributed by atoms with Gasteiger partial charge in [0, 0.05) is 6.54 Å². The van der Waals surface area contributed by atoms with Crippen LogP contribution in [0, 0.1) is 0 Å². The van der Waals surface area contributed by atoms with E-state index in [1.54, 1.807) is 11.9 Å². The Morgan fingerprint density at radius 3 is 2.75 bits per heavy atom. The van der Waals surface area contributed by atoms with E-state index in [2.05, 4.69) is 10.3 Å². The molecular formula is C9H10F3N3O. The Labute approximate surface area is 88.9 Å². The van der Waals surface area contributed by atoms with Gasteiger partial charge in [-0.15, -0.1) is 0 Å². The molecule has 0 spiro atoms. The molecule has 0 radical (unpaired) electrons. The first-order valence-electron chi connectivity index (χ1n) is 4.85. The second kappa shape index (κ2) is 3.50. The van der Waals surface area contributed by atoms with Gasteiger partial charge in [-0.2, -0.15) is 13.2 Å². The van der Waals surface area contributed by atoms with E-state index in [9.17, 15) is 18.0 Å². The predicted octanol–water partition coefficient (Wildman–Crippen LogP) is 1.71. The number of nitrogens with one attached hydrogen (secondary N) is 2. The van der Waals surface area contributed by atoms with Crippen LogP contribution in [0.4, 0.5) is 19.0 Å². The van der Waals surface area contributed by atoms with E-state index in [-0.39, 0.29) is 11.7 Å². The van der Waals surface area contributed by atoms with Gasteiger partial charge in [0.2, 0.25) is 5.82 Å². The molecule has 1 aliphatic heterocycles. The molecule has 0 amide bonds. The van der Waals surface area contributed by atoms with Crippen molar-refractivity contribution in [1.29, 1.82) is 0 Å². The average molecular weight is 233 g/mol. The number of rotatable bonds is 0. The molecule has 0 aromatic carbocycles. The van der Waals surface area contributed by atoms with Gasteiger partial charge >= 0.3 is 6.18 Å². The maximum atomic E-state index is 12.4. The molecule has 16 heavy (non-hydrogen) atoms. The van der Waals surface area contributed by atoms with E-state index < -0.39 is 17.6 Å². The van der Waals surface area contributed by atoms with Crippen LogP contribution in [0.3, 0.4) is 0 Å². The van der Waals surface area contributed by atoms with Crippen LogP contribution in [0.1, 0.15) is 30.7 Å². The van der Waals surface area contributed by atoms with Gasteiger partial charge in [-0.3, -0.25) is 4.79 Å². The van der Waals surface area contributed by atoms with Crippen LogP contribution in [0.25, 0.3) is 0 Å². The third-order valence-corrected chi connectivity index (χ3v) is 2.59. The number of anilines is 1. The lowest BCUT2D eigenvalue weighted by Gasteiger charge is -2.22. The van der Waals surface area contributed by atoms with Crippen LogP contribution in [-0.4, -0.2) is 16.5 Å². The summed E-state index contributed by atoms with van der Waals surface area (Å²) in [5, 5.41) is 2.72. The first kappa shape index (κ1) is 11.0. The van der Waals surface area contributed by atoms with Crippen molar-refractivity contribution in [3.05, 3.63) is 21.7 Å². The monoisotopic (exact) mass is 233 g/mol. The van der Waals surface area contributed by atoms with E-state index in [4.69, 9.17) is 0 Å². The fourth-order valence-electron chi connectivity index (χ4n) is 1.76. The molecule has 4 nitrogen and oxygen atoms in total. The zero-order valence-corrected chi connectivity index (χ0v) is 8.48. The second-order valence-corrected chi connectivity index (χ2v) is 3.79. The van der Waals surface area contributed by atoms with Gasteiger partial charge < -0.3 is 10.3 Å². The zero-order valence-electron chi connectivity index (χ0n) is 8.48. The molecule has 0 saturated carbocycles. The molecule has 2 rings (SSSR count). The molecule has 0 saturated heterocycles. The van der Waals surface area contributed by atoms with E-state index in [0.29, 0.717) is 18.5 Å². The number of aromatic nitrogens is 2. The van der Waals surface area contributed by atoms with E-state index >= 15 is 0 Å². The number of aromatic amines is 1. The topological polar surface area (TPSA) is 57.8 Å². The maximum absolute atomic E-state index is 12.4. The average Bonchev–Trinajstić information content (AvgIpc) is 2.15. The smallest absolute Gasteiger partial charge is 0.370 e. The Kier molecular flexibility index (Phi) is 2.40. The summed E-state index contributed by atoms with van der Waals surface area (Å²) in [5.74, 6) is -1.28. The molecule has 2 heterocycles. The summed E-state index contributed by atoms with van der Waals surface area (Å²) in [6.45, 7) is 2.33. The Balaban J connectivity index is 2.59. The van der Waals surface area contributed by atoms with E-state index in [1.165, 1.54) is 0 Å². The van der Waals surface area contributed by atoms with Crippen molar-refractivity contribution in [2.75, 3.05) is 11.9 Å². The van der Waals surface area contributed by atoms with E-state index in [0.717, 1.165) is 0 Å². The summed E-state index contributed by atoms with van der Waals surface area (Å²) in [7, 11) is 0. The highest BCUT2D eigenvalue weighted by Gasteiger charge is 2.36. The summed E-state index contributed by atoms with van der Waals surface area (Å²) in [6, 6.07) is 0. The standard InChI is InChI=1S/C9H10F3N3O/c1-4-2-3-13-6-5(4)7(16)15-8(14-6)9(10,11)12/h4H,2-3H2,1H3,(H2,13,14,15,16)/t4-/m1/s1. The molecule has 1 aromatic heterocycles. The number of hydrogen-bond acceptors (Lipinski definition) is 3. The number of H-pyrrole nitrogens is 1. The summed E-state index contributed by atoms with van der Waals surface area (Å²) >= 11 is 0. The van der Waals surface area contributed by atoms with Crippen LogP contribution in [-0.2, 0) is 6.18 Å². The molecule has 1 aliphatic rings. The molecule has 0 aliphatic carbocycles. The predicted molar refractivity (Wildman–Crippen MR) is 51.4 cm³/mol. The van der Waals surface area contributed by atoms with Crippen molar-refractivity contribution in [3.63, 3.8) is 0 Å². The van der Waals surface area contributed by atoms with Gasteiger partial charge in [-0.05, 0) is 12.3 Å². The Morgan fingerprint density at radius 2 is 2.12 bits per heavy atom. The lowest BCUT2D eigenvalue weighted by molar-refractivity contribution is -0.145. The minimum absolute atomic E-state index is 0.0508. The van der Waals surface area contributed by atoms with Crippen molar-refractivity contribution in [1.82, 2.24) is 9.97 Å². The highest BCUT2D eigenvalue weighted by molar-refractivity contribution is 5.47. The van der Waals surface area contributed by atoms with Gasteiger partial charge in [0.25, 0.3) is 5.56 Å². The minimum atomic E-state index is -4.63. The zero-order chi connectivity index (χ0) is 11.9. The summed E-state index contributed by atoms with van der Waals surface area (Å²) in [4.78, 5) is 16.7. The molecule has 1 aromatic rings. The Hall–Kier alpha value is -1.53. The van der Waals surface area contributed by atoms with Crippen molar-refractivity contribution in [2.24, 2.45) is 0 Å². The lowest BCUT2D eigenvalue weighted by atomic mass is 9.96. The van der Waals surface area contributed by atoms with Crippen LogP contribution in [0.5, 0.6) is 0 Å². The van der Waals surface area contributed by atoms with Crippen molar-refractivity contribution < 1.29 is 13.2 Å². The van der Waals surface area contributed by atoms with Gasteiger partial charge in [0.15, 0.2) is 0 Å². The molecule has 0 bridgehead atoms. The second-order valence-electron chi connectivity index (χ2n) is 3.79. The molecule has 0 unspecified atom stereocenters. The number of nitrogens with zero attached hydrogens (tertiary/aromatic N) is 1. The molecule has 1 atom stereocenters. The molecule has 2 N–H and O–H groups in total. The molecule has 7 heteroatoms. The summed E-state index contributed by atoms with van der Waals surface area (Å²) < 4.78 is 37.1. The maximum Gasteiger partial charge on any atom is 0.449 e. The number of alkyl halides is 3. The Morgan fingerprint density at radius 1 is 1.44 bits per heavy atom. The van der Waals surface area contributed by atoms with Crippen molar-refractivity contribution in [3.8, 4) is 0 Å². The van der Waals surface area contributed by atoms with E-state index in [1.807, 2.05) is 0 Å². The van der Waals surface area contributed by atoms with Crippen LogP contribution in [0.2, 0.25) is 0 Å². The first-order valence-corrected chi connectivity index (χ1v) is 4.85. The number of hydrogen-bond donors (Lipinski definition) is 2. The summed E-state index contributed by atoms with van der Waals surface area (Å²) in [6.07, 6.45) is -3.92. The number of fused-ring (bicyclic) bond motifs is 1. The van der Waals surface area contributed by atoms with Gasteiger partial charge in [-0.25, -0.2) is 4.98 Å². The normalized spacial score (nSPS) is 20.1. The van der Waals surface area contributed by atoms with Crippen molar-refractivity contribution >= 4 is 5.82 Å². The third kappa shape index (κ3) is 1.77. The quantitative estimate of drug-likeness (QED) is 0.717. The molecular weight excluding hydrogens is 223 g/mol. The van der Waals surface area contributed by atoms with Gasteiger partial charge in [0.05, 0.1) is 5.56 Å². The highest BCUT2D eigenvalue weighted by Crippen LogP contribution is 2.30.